The number of nitrogens with one attached hydrogen (secondary N) is 1. The van der Waals surface area contributed by atoms with Gasteiger partial charge in [0, 0.05) is 31.1 Å². The smallest absolute Gasteiger partial charge is 0.318 e. The van der Waals surface area contributed by atoms with Crippen LogP contribution in [0.1, 0.15) is 36.6 Å². The van der Waals surface area contributed by atoms with Crippen LogP contribution in [-0.4, -0.2) is 37.1 Å². The molecule has 0 spiro atoms. The van der Waals surface area contributed by atoms with Gasteiger partial charge >= 0.3 is 6.03 Å². The van der Waals surface area contributed by atoms with Gasteiger partial charge in [-0.15, -0.1) is 11.3 Å². The first-order valence-corrected chi connectivity index (χ1v) is 11.1. The molecule has 1 atom stereocenters. The van der Waals surface area contributed by atoms with Gasteiger partial charge in [-0.05, 0) is 42.3 Å². The fourth-order valence-corrected chi connectivity index (χ4v) is 5.39. The predicted octanol–water partition coefficient (Wildman–Crippen LogP) is 5.16. The second kappa shape index (κ2) is 8.53. The second-order valence-electron chi connectivity index (χ2n) is 7.41. The molecular weight excluding hydrogens is 378 g/mol. The first kappa shape index (κ1) is 18.6. The summed E-state index contributed by atoms with van der Waals surface area (Å²) >= 11 is 8.07. The maximum absolute atomic E-state index is 12.9. The molecule has 4 nitrogen and oxygen atoms in total. The van der Waals surface area contributed by atoms with Crippen LogP contribution < -0.4 is 10.2 Å². The summed E-state index contributed by atoms with van der Waals surface area (Å²) in [5.74, 6) is 0.567. The minimum absolute atomic E-state index is 0.0686. The molecule has 2 aromatic rings. The third-order valence-corrected chi connectivity index (χ3v) is 7.03. The number of nitrogens with zero attached hydrogens (tertiary/aromatic N) is 2. The Morgan fingerprint density at radius 1 is 1.07 bits per heavy atom. The van der Waals surface area contributed by atoms with Crippen LogP contribution in [0.25, 0.3) is 0 Å². The molecule has 0 bridgehead atoms. The fraction of sp³-hybridized carbons (Fsp3) is 0.476. The number of carbonyl (C=O) groups is 1. The largest absolute Gasteiger partial charge is 0.367 e. The molecule has 1 aromatic carbocycles. The summed E-state index contributed by atoms with van der Waals surface area (Å²) in [6.45, 7) is 3.06. The Hall–Kier alpha value is -1.72. The highest BCUT2D eigenvalue weighted by Crippen LogP contribution is 2.37. The van der Waals surface area contributed by atoms with Gasteiger partial charge in [-0.2, -0.15) is 0 Å². The lowest BCUT2D eigenvalue weighted by Crippen LogP contribution is -2.52. The van der Waals surface area contributed by atoms with E-state index < -0.39 is 0 Å². The van der Waals surface area contributed by atoms with Gasteiger partial charge in [-0.1, -0.05) is 42.6 Å². The van der Waals surface area contributed by atoms with E-state index in [1.54, 1.807) is 11.3 Å². The van der Waals surface area contributed by atoms with E-state index in [1.165, 1.54) is 30.6 Å². The van der Waals surface area contributed by atoms with Crippen molar-refractivity contribution in [1.82, 2.24) is 10.2 Å². The lowest BCUT2D eigenvalue weighted by Gasteiger charge is -2.37. The van der Waals surface area contributed by atoms with Gasteiger partial charge in [0.2, 0.25) is 0 Å². The van der Waals surface area contributed by atoms with Gasteiger partial charge in [0.25, 0.3) is 0 Å². The molecule has 1 aliphatic carbocycles. The number of hydrogen-bond donors (Lipinski definition) is 1. The molecule has 2 fully saturated rings. The highest BCUT2D eigenvalue weighted by Gasteiger charge is 2.30. The van der Waals surface area contributed by atoms with E-state index in [0.717, 1.165) is 36.9 Å². The number of rotatable bonds is 4. The van der Waals surface area contributed by atoms with E-state index in [9.17, 15) is 4.79 Å². The molecule has 0 radical (unpaired) electrons. The molecule has 4 rings (SSSR count). The minimum Gasteiger partial charge on any atom is -0.367 e. The number of piperazine rings is 1. The molecule has 1 saturated carbocycles. The number of urea groups is 1. The third kappa shape index (κ3) is 4.25. The Morgan fingerprint density at radius 2 is 1.81 bits per heavy atom. The van der Waals surface area contributed by atoms with Crippen LogP contribution in [0.2, 0.25) is 5.02 Å². The van der Waals surface area contributed by atoms with Gasteiger partial charge in [0.05, 0.1) is 16.8 Å². The lowest BCUT2D eigenvalue weighted by molar-refractivity contribution is 0.185. The van der Waals surface area contributed by atoms with Crippen LogP contribution in [0, 0.1) is 5.92 Å². The molecule has 144 valence electrons. The third-order valence-electron chi connectivity index (χ3n) is 5.76. The van der Waals surface area contributed by atoms with Crippen LogP contribution in [0.3, 0.4) is 0 Å². The number of benzene rings is 1. The highest BCUT2D eigenvalue weighted by molar-refractivity contribution is 7.10. The van der Waals surface area contributed by atoms with Crippen molar-refractivity contribution in [3.05, 3.63) is 51.7 Å². The number of amides is 2. The zero-order chi connectivity index (χ0) is 18.6. The monoisotopic (exact) mass is 403 g/mol. The first-order valence-electron chi connectivity index (χ1n) is 9.80. The summed E-state index contributed by atoms with van der Waals surface area (Å²) in [5, 5.41) is 6.23. The Labute approximate surface area is 170 Å². The average Bonchev–Trinajstić information content (AvgIpc) is 3.41. The van der Waals surface area contributed by atoms with Gasteiger partial charge in [0.15, 0.2) is 0 Å². The summed E-state index contributed by atoms with van der Waals surface area (Å²) in [5.41, 5.74) is 1.06. The molecule has 2 amide bonds. The van der Waals surface area contributed by atoms with Crippen molar-refractivity contribution in [2.45, 2.75) is 31.7 Å². The Morgan fingerprint density at radius 3 is 2.48 bits per heavy atom. The zero-order valence-corrected chi connectivity index (χ0v) is 17.0. The minimum atomic E-state index is 0.0686. The number of para-hydroxylation sites is 1. The van der Waals surface area contributed by atoms with Crippen molar-refractivity contribution in [2.75, 3.05) is 31.1 Å². The summed E-state index contributed by atoms with van der Waals surface area (Å²) < 4.78 is 0. The molecule has 1 aliphatic heterocycles. The number of halogens is 1. The molecule has 1 aromatic heterocycles. The maximum Gasteiger partial charge on any atom is 0.318 e. The van der Waals surface area contributed by atoms with E-state index in [0.29, 0.717) is 5.92 Å². The maximum atomic E-state index is 12.9. The fourth-order valence-electron chi connectivity index (χ4n) is 4.26. The number of anilines is 1. The standard InChI is InChI=1S/C21H26ClN3OS/c22-17-8-3-4-9-18(17)24-11-13-25(14-12-24)21(26)23-20(16-6-1-2-7-16)19-10-5-15-27-19/h3-5,8-10,15-16,20H,1-2,6-7,11-14H2,(H,23,26). The predicted molar refractivity (Wildman–Crippen MR) is 113 cm³/mol. The van der Waals surface area contributed by atoms with E-state index in [2.05, 4.69) is 27.7 Å². The lowest BCUT2D eigenvalue weighted by atomic mass is 9.97. The van der Waals surface area contributed by atoms with Crippen molar-refractivity contribution >= 4 is 34.7 Å². The van der Waals surface area contributed by atoms with Gasteiger partial charge in [0.1, 0.15) is 0 Å². The Bertz CT molecular complexity index is 753. The summed E-state index contributed by atoms with van der Waals surface area (Å²) in [6.07, 6.45) is 4.98. The zero-order valence-electron chi connectivity index (χ0n) is 15.4. The quantitative estimate of drug-likeness (QED) is 0.764. The Balaban J connectivity index is 1.38. The molecule has 2 heterocycles. The normalized spacial score (nSPS) is 19.3. The molecule has 2 aliphatic rings. The highest BCUT2D eigenvalue weighted by atomic mass is 35.5. The Kier molecular flexibility index (Phi) is 5.89. The van der Waals surface area contributed by atoms with Crippen LogP contribution in [0.4, 0.5) is 10.5 Å². The molecule has 1 N–H and O–H groups in total. The van der Waals surface area contributed by atoms with Gasteiger partial charge in [-0.25, -0.2) is 4.79 Å². The van der Waals surface area contributed by atoms with Crippen LogP contribution >= 0.6 is 22.9 Å². The van der Waals surface area contributed by atoms with Crippen LogP contribution in [0.15, 0.2) is 41.8 Å². The first-order chi connectivity index (χ1) is 13.2. The van der Waals surface area contributed by atoms with Crippen molar-refractivity contribution in [1.29, 1.82) is 0 Å². The number of thiophene rings is 1. The van der Waals surface area contributed by atoms with Crippen LogP contribution in [0.5, 0.6) is 0 Å². The van der Waals surface area contributed by atoms with Crippen molar-refractivity contribution in [2.24, 2.45) is 5.92 Å². The SMILES string of the molecule is O=C(NC(c1cccs1)C1CCCC1)N1CCN(c2ccccc2Cl)CC1. The topological polar surface area (TPSA) is 35.6 Å². The molecular formula is C21H26ClN3OS. The number of carbonyl (C=O) groups excluding carboxylic acids is 1. The summed E-state index contributed by atoms with van der Waals surface area (Å²) in [7, 11) is 0. The van der Waals surface area contributed by atoms with Gasteiger partial charge < -0.3 is 15.1 Å². The summed E-state index contributed by atoms with van der Waals surface area (Å²) in [6, 6.07) is 12.4. The van der Waals surface area contributed by atoms with E-state index in [4.69, 9.17) is 11.6 Å². The number of hydrogen-bond acceptors (Lipinski definition) is 3. The van der Waals surface area contributed by atoms with E-state index >= 15 is 0 Å². The van der Waals surface area contributed by atoms with E-state index in [-0.39, 0.29) is 12.1 Å². The van der Waals surface area contributed by atoms with Crippen molar-refractivity contribution in [3.63, 3.8) is 0 Å². The molecule has 1 saturated heterocycles. The molecule has 6 heteroatoms. The van der Waals surface area contributed by atoms with Gasteiger partial charge in [-0.3, -0.25) is 0 Å². The summed E-state index contributed by atoms with van der Waals surface area (Å²) in [4.78, 5) is 18.4. The van der Waals surface area contributed by atoms with Crippen molar-refractivity contribution < 1.29 is 4.79 Å². The van der Waals surface area contributed by atoms with Crippen molar-refractivity contribution in [3.8, 4) is 0 Å². The van der Waals surface area contributed by atoms with Crippen LogP contribution in [-0.2, 0) is 0 Å². The second-order valence-corrected chi connectivity index (χ2v) is 8.80. The average molecular weight is 404 g/mol. The molecule has 27 heavy (non-hydrogen) atoms. The molecule has 1 unspecified atom stereocenters. The van der Waals surface area contributed by atoms with E-state index in [1.807, 2.05) is 29.2 Å².